The monoisotopic (exact) mass is 352 g/mol. The molecule has 3 aromatic rings. The third kappa shape index (κ3) is 3.50. The summed E-state index contributed by atoms with van der Waals surface area (Å²) >= 11 is 4.88. The second kappa shape index (κ2) is 7.26. The molecule has 0 aliphatic carbocycles. The predicted molar refractivity (Wildman–Crippen MR) is 92.7 cm³/mol. The summed E-state index contributed by atoms with van der Waals surface area (Å²) in [5.74, 6) is 0.719. The van der Waals surface area contributed by atoms with Gasteiger partial charge in [-0.15, -0.1) is 16.4 Å². The van der Waals surface area contributed by atoms with Crippen molar-refractivity contribution in [3.8, 4) is 10.6 Å². The van der Waals surface area contributed by atoms with E-state index in [1.165, 1.54) is 5.56 Å². The maximum atomic E-state index is 11.7. The van der Waals surface area contributed by atoms with Crippen LogP contribution in [-0.4, -0.2) is 19.7 Å². The van der Waals surface area contributed by atoms with Crippen LogP contribution in [0.25, 0.3) is 10.6 Å². The number of nitrogens with one attached hydrogen (secondary N) is 1. The Morgan fingerprint density at radius 1 is 1.41 bits per heavy atom. The van der Waals surface area contributed by atoms with Crippen LogP contribution in [0.5, 0.6) is 0 Å². The summed E-state index contributed by atoms with van der Waals surface area (Å²) in [6.45, 7) is 2.82. The minimum absolute atomic E-state index is 0.131. The Hall–Kier alpha value is -1.38. The van der Waals surface area contributed by atoms with Crippen LogP contribution in [0, 0.1) is 0 Å². The van der Waals surface area contributed by atoms with Crippen LogP contribution >= 0.6 is 34.4 Å². The predicted octanol–water partition coefficient (Wildman–Crippen LogP) is 3.85. The summed E-state index contributed by atoms with van der Waals surface area (Å²) < 4.78 is 1.71. The van der Waals surface area contributed by atoms with E-state index in [-0.39, 0.29) is 5.69 Å². The molecular formula is C14H16N4OS3. The van der Waals surface area contributed by atoms with E-state index in [9.17, 15) is 4.79 Å². The van der Waals surface area contributed by atoms with Crippen LogP contribution < -0.4 is 5.69 Å². The third-order valence-electron chi connectivity index (χ3n) is 3.13. The molecule has 0 saturated carbocycles. The van der Waals surface area contributed by atoms with Crippen molar-refractivity contribution < 1.29 is 0 Å². The van der Waals surface area contributed by atoms with Crippen molar-refractivity contribution in [2.24, 2.45) is 0 Å². The van der Waals surface area contributed by atoms with Gasteiger partial charge in [0.25, 0.3) is 0 Å². The van der Waals surface area contributed by atoms with Gasteiger partial charge in [-0.05, 0) is 17.9 Å². The Morgan fingerprint density at radius 2 is 2.32 bits per heavy atom. The van der Waals surface area contributed by atoms with Gasteiger partial charge in [-0.2, -0.15) is 11.3 Å². The number of aromatic nitrogens is 4. The highest BCUT2D eigenvalue weighted by atomic mass is 32.2. The number of rotatable bonds is 7. The molecule has 1 N–H and O–H groups in total. The second-order valence-electron chi connectivity index (χ2n) is 4.76. The minimum Gasteiger partial charge on any atom is -0.270 e. The van der Waals surface area contributed by atoms with E-state index in [4.69, 9.17) is 0 Å². The molecule has 5 nitrogen and oxygen atoms in total. The number of hydrogen-bond acceptors (Lipinski definition) is 6. The van der Waals surface area contributed by atoms with Crippen molar-refractivity contribution in [2.45, 2.75) is 37.2 Å². The molecular weight excluding hydrogens is 336 g/mol. The van der Waals surface area contributed by atoms with Crippen LogP contribution in [0.1, 0.15) is 25.5 Å². The molecule has 8 heteroatoms. The van der Waals surface area contributed by atoms with Gasteiger partial charge in [0.15, 0.2) is 5.16 Å². The fourth-order valence-electron chi connectivity index (χ4n) is 1.96. The molecule has 0 fully saturated rings. The Morgan fingerprint density at radius 3 is 3.09 bits per heavy atom. The Labute approximate surface area is 140 Å². The maximum Gasteiger partial charge on any atom is 0.343 e. The molecule has 3 aromatic heterocycles. The number of H-pyrrole nitrogens is 1. The van der Waals surface area contributed by atoms with Gasteiger partial charge in [-0.3, -0.25) is 4.57 Å². The molecule has 0 atom stereocenters. The van der Waals surface area contributed by atoms with Crippen molar-refractivity contribution >= 4 is 34.4 Å². The summed E-state index contributed by atoms with van der Waals surface area (Å²) in [7, 11) is 0. The van der Waals surface area contributed by atoms with Crippen LogP contribution in [0.2, 0.25) is 0 Å². The molecule has 0 aliphatic heterocycles. The van der Waals surface area contributed by atoms with Gasteiger partial charge in [0, 0.05) is 28.6 Å². The van der Waals surface area contributed by atoms with E-state index in [2.05, 4.69) is 44.3 Å². The second-order valence-corrected chi connectivity index (χ2v) is 7.34. The third-order valence-corrected chi connectivity index (χ3v) is 5.76. The number of hydrogen-bond donors (Lipinski definition) is 1. The molecule has 22 heavy (non-hydrogen) atoms. The summed E-state index contributed by atoms with van der Waals surface area (Å²) in [6, 6.07) is 2.08. The Balaban J connectivity index is 1.67. The van der Waals surface area contributed by atoms with Gasteiger partial charge >= 0.3 is 5.69 Å². The lowest BCUT2D eigenvalue weighted by Crippen LogP contribution is -2.17. The van der Waals surface area contributed by atoms with Gasteiger partial charge in [-0.1, -0.05) is 25.1 Å². The van der Waals surface area contributed by atoms with Crippen LogP contribution in [0.15, 0.2) is 32.2 Å². The fourth-order valence-corrected chi connectivity index (χ4v) is 4.46. The molecule has 3 rings (SSSR count). The van der Waals surface area contributed by atoms with E-state index in [1.54, 1.807) is 39.0 Å². The number of thiophene rings is 1. The first-order valence-electron chi connectivity index (χ1n) is 7.03. The first-order chi connectivity index (χ1) is 10.8. The quantitative estimate of drug-likeness (QED) is 0.656. The van der Waals surface area contributed by atoms with Crippen LogP contribution in [0.3, 0.4) is 0 Å². The van der Waals surface area contributed by atoms with E-state index in [0.29, 0.717) is 6.54 Å². The van der Waals surface area contributed by atoms with Crippen molar-refractivity contribution in [1.29, 1.82) is 0 Å². The van der Waals surface area contributed by atoms with E-state index < -0.39 is 0 Å². The Kier molecular flexibility index (Phi) is 5.12. The van der Waals surface area contributed by atoms with Gasteiger partial charge in [0.2, 0.25) is 0 Å². The van der Waals surface area contributed by atoms with E-state index in [0.717, 1.165) is 34.5 Å². The average Bonchev–Trinajstić information content (AvgIpc) is 3.24. The smallest absolute Gasteiger partial charge is 0.270 e. The standard InChI is InChI=1S/C14H16N4OS3/c1-2-3-5-18-13(19)16-17-14(18)22-9-11-8-21-12(15-11)10-4-6-20-7-10/h4,6-8H,2-3,5,9H2,1H3,(H,16,19). The molecule has 0 radical (unpaired) electrons. The molecule has 3 heterocycles. The molecule has 0 aliphatic rings. The molecule has 0 aromatic carbocycles. The summed E-state index contributed by atoms with van der Waals surface area (Å²) in [6.07, 6.45) is 2.03. The van der Waals surface area contributed by atoms with E-state index >= 15 is 0 Å². The molecule has 0 unspecified atom stereocenters. The summed E-state index contributed by atoms with van der Waals surface area (Å²) in [5, 5.41) is 14.6. The van der Waals surface area contributed by atoms with Gasteiger partial charge in [-0.25, -0.2) is 14.9 Å². The van der Waals surface area contributed by atoms with Crippen LogP contribution in [-0.2, 0) is 12.3 Å². The van der Waals surface area contributed by atoms with Crippen molar-refractivity contribution in [3.05, 3.63) is 38.4 Å². The topological polar surface area (TPSA) is 63.6 Å². The Bertz CT molecular complexity index is 772. The van der Waals surface area contributed by atoms with Gasteiger partial charge in [0.05, 0.1) is 5.69 Å². The average molecular weight is 353 g/mol. The zero-order valence-corrected chi connectivity index (χ0v) is 14.6. The summed E-state index contributed by atoms with van der Waals surface area (Å²) in [5.41, 5.74) is 2.06. The highest BCUT2D eigenvalue weighted by Gasteiger charge is 2.10. The normalized spacial score (nSPS) is 11.1. The maximum absolute atomic E-state index is 11.7. The SMILES string of the molecule is CCCCn1c(SCc2csc(-c3ccsc3)n2)n[nH]c1=O. The molecule has 0 bridgehead atoms. The number of thioether (sulfide) groups is 1. The first kappa shape index (κ1) is 15.5. The lowest BCUT2D eigenvalue weighted by Gasteiger charge is -2.03. The number of thiazole rings is 1. The molecule has 116 valence electrons. The van der Waals surface area contributed by atoms with Crippen LogP contribution in [0.4, 0.5) is 0 Å². The number of aromatic amines is 1. The van der Waals surface area contributed by atoms with Gasteiger partial charge in [0.1, 0.15) is 5.01 Å². The van der Waals surface area contributed by atoms with Crippen molar-refractivity contribution in [1.82, 2.24) is 19.7 Å². The first-order valence-corrected chi connectivity index (χ1v) is 9.83. The number of unbranched alkanes of at least 4 members (excludes halogenated alkanes) is 1. The van der Waals surface area contributed by atoms with Gasteiger partial charge < -0.3 is 0 Å². The molecule has 0 amide bonds. The lowest BCUT2D eigenvalue weighted by atomic mass is 10.3. The van der Waals surface area contributed by atoms with E-state index in [1.807, 2.05) is 0 Å². The number of nitrogens with zero attached hydrogens (tertiary/aromatic N) is 3. The molecule has 0 saturated heterocycles. The zero-order chi connectivity index (χ0) is 15.4. The highest BCUT2D eigenvalue weighted by Crippen LogP contribution is 2.28. The minimum atomic E-state index is -0.131. The fraction of sp³-hybridized carbons (Fsp3) is 0.357. The summed E-state index contributed by atoms with van der Waals surface area (Å²) in [4.78, 5) is 16.4. The van der Waals surface area contributed by atoms with Crippen molar-refractivity contribution in [2.75, 3.05) is 0 Å². The van der Waals surface area contributed by atoms with Crippen molar-refractivity contribution in [3.63, 3.8) is 0 Å². The molecule has 0 spiro atoms. The zero-order valence-electron chi connectivity index (χ0n) is 12.1. The highest BCUT2D eigenvalue weighted by molar-refractivity contribution is 7.98. The lowest BCUT2D eigenvalue weighted by molar-refractivity contribution is 0.573. The largest absolute Gasteiger partial charge is 0.343 e.